The summed E-state index contributed by atoms with van der Waals surface area (Å²) < 4.78 is 45.7. The van der Waals surface area contributed by atoms with E-state index in [9.17, 15) is 13.5 Å². The maximum absolute atomic E-state index is 13.4. The Morgan fingerprint density at radius 3 is 2.66 bits per heavy atom. The van der Waals surface area contributed by atoms with Gasteiger partial charge < -0.3 is 24.0 Å². The predicted molar refractivity (Wildman–Crippen MR) is 127 cm³/mol. The molecule has 3 aliphatic rings. The van der Waals surface area contributed by atoms with Crippen molar-refractivity contribution in [2.45, 2.75) is 36.2 Å². The number of ether oxygens (including phenoxy) is 2. The van der Waals surface area contributed by atoms with Crippen molar-refractivity contribution in [3.05, 3.63) is 41.6 Å². The van der Waals surface area contributed by atoms with Gasteiger partial charge in [0.15, 0.2) is 16.5 Å². The minimum Gasteiger partial charge on any atom is -0.495 e. The monoisotopic (exact) mass is 498 g/mol. The number of methoxy groups -OCH3 is 2. The first-order chi connectivity index (χ1) is 16.8. The molecule has 11 heteroatoms. The number of aromatic nitrogens is 2. The molecule has 0 bridgehead atoms. The van der Waals surface area contributed by atoms with E-state index in [1.54, 1.807) is 0 Å². The average Bonchev–Trinajstić information content (AvgIpc) is 3.30. The van der Waals surface area contributed by atoms with Gasteiger partial charge in [0.2, 0.25) is 5.88 Å². The first-order valence-corrected chi connectivity index (χ1v) is 12.9. The third-order valence-corrected chi connectivity index (χ3v) is 8.87. The van der Waals surface area contributed by atoms with Crippen molar-refractivity contribution in [3.63, 3.8) is 0 Å². The molecule has 0 unspecified atom stereocenters. The van der Waals surface area contributed by atoms with Gasteiger partial charge in [-0.3, -0.25) is 4.72 Å². The molecule has 10 nitrogen and oxygen atoms in total. The van der Waals surface area contributed by atoms with Crippen LogP contribution in [0.1, 0.15) is 24.5 Å². The number of nitrogens with one attached hydrogen (secondary N) is 1. The highest BCUT2D eigenvalue weighted by Crippen LogP contribution is 2.62. The van der Waals surface area contributed by atoms with E-state index >= 15 is 0 Å². The average molecular weight is 499 g/mol. The van der Waals surface area contributed by atoms with Crippen LogP contribution in [0.4, 0.5) is 11.5 Å². The lowest BCUT2D eigenvalue weighted by atomic mass is 9.77. The lowest BCUT2D eigenvalue weighted by Gasteiger charge is -2.38. The van der Waals surface area contributed by atoms with Crippen molar-refractivity contribution >= 4 is 21.5 Å². The summed E-state index contributed by atoms with van der Waals surface area (Å²) in [4.78, 5) is 5.92. The SMILES string of the molecule is COc1ccnc(OC)c1S(=O)(=O)Nc1noc2c1C[C@@]1(C[C@@H]1C)c1ccc(N3CC(O)C3)cc1-2. The molecule has 2 aliphatic carbocycles. The van der Waals surface area contributed by atoms with Gasteiger partial charge in [-0.1, -0.05) is 18.1 Å². The standard InChI is InChI=1S/C24H26N4O6S/c1-13-9-24(13)10-17-20(16-8-14(4-5-18(16)24)28-11-15(29)12-28)34-26-22(17)27-35(30,31)21-19(32-2)6-7-25-23(21)33-3/h4-8,13,15,29H,9-12H2,1-3H3,(H,26,27)/t13-,24+/m0/s1. The van der Waals surface area contributed by atoms with Crippen LogP contribution in [0.25, 0.3) is 11.3 Å². The summed E-state index contributed by atoms with van der Waals surface area (Å²) in [5.41, 5.74) is 3.76. The molecular weight excluding hydrogens is 472 g/mol. The Kier molecular flexibility index (Phi) is 4.81. The van der Waals surface area contributed by atoms with Crippen molar-refractivity contribution in [1.29, 1.82) is 0 Å². The van der Waals surface area contributed by atoms with Crippen molar-refractivity contribution in [2.75, 3.05) is 36.9 Å². The van der Waals surface area contributed by atoms with E-state index in [-0.39, 0.29) is 33.9 Å². The van der Waals surface area contributed by atoms with Crippen LogP contribution < -0.4 is 19.1 Å². The predicted octanol–water partition coefficient (Wildman–Crippen LogP) is 2.57. The Labute approximate surface area is 202 Å². The number of anilines is 2. The highest BCUT2D eigenvalue weighted by atomic mass is 32.2. The van der Waals surface area contributed by atoms with E-state index in [4.69, 9.17) is 14.0 Å². The summed E-state index contributed by atoms with van der Waals surface area (Å²) in [7, 11) is -1.42. The lowest BCUT2D eigenvalue weighted by Crippen LogP contribution is -2.50. The molecule has 184 valence electrons. The molecular formula is C24H26N4O6S. The maximum Gasteiger partial charge on any atom is 0.272 e. The molecule has 1 saturated carbocycles. The van der Waals surface area contributed by atoms with Gasteiger partial charge in [-0.05, 0) is 36.5 Å². The van der Waals surface area contributed by atoms with Gasteiger partial charge in [0.25, 0.3) is 10.0 Å². The van der Waals surface area contributed by atoms with Crippen LogP contribution in [-0.4, -0.2) is 57.1 Å². The Hall–Kier alpha value is -3.31. The topological polar surface area (TPSA) is 127 Å². The number of aliphatic hydroxyl groups is 1. The molecule has 2 atom stereocenters. The second kappa shape index (κ2) is 7.59. The third kappa shape index (κ3) is 3.29. The molecule has 0 radical (unpaired) electrons. The van der Waals surface area contributed by atoms with Gasteiger partial charge in [0.05, 0.1) is 20.3 Å². The summed E-state index contributed by atoms with van der Waals surface area (Å²) in [6.07, 6.45) is 2.73. The molecule has 0 amide bonds. The van der Waals surface area contributed by atoms with Crippen LogP contribution in [0.5, 0.6) is 11.6 Å². The number of pyridine rings is 1. The van der Waals surface area contributed by atoms with Crippen LogP contribution in [-0.2, 0) is 21.9 Å². The van der Waals surface area contributed by atoms with Gasteiger partial charge in [-0.15, -0.1) is 0 Å². The Morgan fingerprint density at radius 2 is 2.00 bits per heavy atom. The number of hydrogen-bond donors (Lipinski definition) is 2. The molecule has 2 N–H and O–H groups in total. The zero-order chi connectivity index (χ0) is 24.5. The normalized spacial score (nSPS) is 22.9. The molecule has 1 spiro atoms. The number of hydrogen-bond acceptors (Lipinski definition) is 9. The molecule has 6 rings (SSSR count). The Bertz CT molecular complexity index is 1410. The number of β-amino-alcohol motifs (C(OH)–C–C–N with tert-alkyl or cyclic N) is 1. The van der Waals surface area contributed by atoms with E-state index in [2.05, 4.69) is 44.9 Å². The second-order valence-electron chi connectivity index (χ2n) is 9.52. The van der Waals surface area contributed by atoms with Crippen LogP contribution in [0.3, 0.4) is 0 Å². The number of rotatable bonds is 6. The molecule has 35 heavy (non-hydrogen) atoms. The molecule has 2 aromatic heterocycles. The van der Waals surface area contributed by atoms with Gasteiger partial charge in [-0.2, -0.15) is 0 Å². The number of fused-ring (bicyclic) bond motifs is 4. The highest BCUT2D eigenvalue weighted by molar-refractivity contribution is 7.93. The lowest BCUT2D eigenvalue weighted by molar-refractivity contribution is 0.142. The molecule has 1 aliphatic heterocycles. The van der Waals surface area contributed by atoms with E-state index < -0.39 is 10.0 Å². The van der Waals surface area contributed by atoms with Crippen molar-refractivity contribution in [1.82, 2.24) is 10.1 Å². The van der Waals surface area contributed by atoms with Gasteiger partial charge in [0, 0.05) is 47.6 Å². The summed E-state index contributed by atoms with van der Waals surface area (Å²) in [6.45, 7) is 3.38. The van der Waals surface area contributed by atoms with Crippen LogP contribution in [0, 0.1) is 5.92 Å². The first-order valence-electron chi connectivity index (χ1n) is 11.4. The Morgan fingerprint density at radius 1 is 1.23 bits per heavy atom. The molecule has 3 heterocycles. The van der Waals surface area contributed by atoms with E-state index in [1.165, 1.54) is 32.0 Å². The fraction of sp³-hybridized carbons (Fsp3) is 0.417. The zero-order valence-corrected chi connectivity index (χ0v) is 20.4. The summed E-state index contributed by atoms with van der Waals surface area (Å²) in [5, 5.41) is 13.9. The van der Waals surface area contributed by atoms with Gasteiger partial charge >= 0.3 is 0 Å². The second-order valence-corrected chi connectivity index (χ2v) is 11.1. The first kappa shape index (κ1) is 22.2. The summed E-state index contributed by atoms with van der Waals surface area (Å²) in [5.74, 6) is 1.20. The summed E-state index contributed by atoms with van der Waals surface area (Å²) >= 11 is 0. The zero-order valence-electron chi connectivity index (χ0n) is 19.6. The minimum atomic E-state index is -4.15. The molecule has 1 aromatic carbocycles. The molecule has 2 fully saturated rings. The van der Waals surface area contributed by atoms with Crippen molar-refractivity contribution in [2.24, 2.45) is 5.92 Å². The van der Waals surface area contributed by atoms with E-state index in [0.717, 1.165) is 23.2 Å². The quantitative estimate of drug-likeness (QED) is 0.527. The summed E-state index contributed by atoms with van der Waals surface area (Å²) in [6, 6.07) is 7.74. The number of benzene rings is 1. The van der Waals surface area contributed by atoms with Crippen LogP contribution >= 0.6 is 0 Å². The number of aliphatic hydroxyl groups excluding tert-OH is 1. The molecule has 3 aromatic rings. The fourth-order valence-electron chi connectivity index (χ4n) is 5.45. The van der Waals surface area contributed by atoms with Crippen molar-refractivity contribution in [3.8, 4) is 23.0 Å². The minimum absolute atomic E-state index is 0.0757. The third-order valence-electron chi connectivity index (χ3n) is 7.49. The van der Waals surface area contributed by atoms with Gasteiger partial charge in [0.1, 0.15) is 5.75 Å². The highest BCUT2D eigenvalue weighted by Gasteiger charge is 2.56. The fourth-order valence-corrected chi connectivity index (χ4v) is 6.75. The largest absolute Gasteiger partial charge is 0.495 e. The van der Waals surface area contributed by atoms with Gasteiger partial charge in [-0.25, -0.2) is 13.4 Å². The number of nitrogens with zero attached hydrogens (tertiary/aromatic N) is 3. The molecule has 1 saturated heterocycles. The van der Waals surface area contributed by atoms with Crippen LogP contribution in [0.2, 0.25) is 0 Å². The van der Waals surface area contributed by atoms with Crippen molar-refractivity contribution < 1.29 is 27.5 Å². The van der Waals surface area contributed by atoms with E-state index in [1.807, 2.05) is 0 Å². The maximum atomic E-state index is 13.4. The van der Waals surface area contributed by atoms with E-state index in [0.29, 0.717) is 31.2 Å². The van der Waals surface area contributed by atoms with Crippen LogP contribution in [0.15, 0.2) is 39.9 Å². The smallest absolute Gasteiger partial charge is 0.272 e. The Balaban J connectivity index is 1.42. The number of sulfonamides is 1.